The van der Waals surface area contributed by atoms with Crippen molar-refractivity contribution < 1.29 is 9.53 Å². The minimum Gasteiger partial charge on any atom is -0.494 e. The summed E-state index contributed by atoms with van der Waals surface area (Å²) in [7, 11) is 0. The monoisotopic (exact) mass is 289 g/mol. The molecule has 1 aromatic carbocycles. The summed E-state index contributed by atoms with van der Waals surface area (Å²) in [5.74, 6) is 0.776. The number of carbonyl (C=O) groups excluding carboxylic acids is 1. The highest BCUT2D eigenvalue weighted by molar-refractivity contribution is 5.89. The zero-order chi connectivity index (χ0) is 15.1. The Balaban J connectivity index is 1.95. The second-order valence-electron chi connectivity index (χ2n) is 4.79. The van der Waals surface area contributed by atoms with Crippen molar-refractivity contribution in [2.75, 3.05) is 25.0 Å². The summed E-state index contributed by atoms with van der Waals surface area (Å²) in [5, 5.41) is 6.42. The normalized spacial score (nSPS) is 17.2. The molecule has 1 unspecified atom stereocenters. The Morgan fingerprint density at radius 2 is 2.29 bits per heavy atom. The number of nitrogens with zero attached hydrogens (tertiary/aromatic N) is 4. The van der Waals surface area contributed by atoms with Crippen LogP contribution in [0.3, 0.4) is 0 Å². The number of hydrogen-bond donors (Lipinski definition) is 1. The molecule has 2 rings (SSSR count). The van der Waals surface area contributed by atoms with E-state index >= 15 is 0 Å². The fourth-order valence-electron chi connectivity index (χ4n) is 2.42. The van der Waals surface area contributed by atoms with Crippen LogP contribution in [0.1, 0.15) is 19.8 Å². The Labute approximate surface area is 123 Å². The summed E-state index contributed by atoms with van der Waals surface area (Å²) in [5.41, 5.74) is 9.10. The molecule has 0 radical (unpaired) electrons. The Kier molecular flexibility index (Phi) is 5.29. The molecule has 7 nitrogen and oxygen atoms in total. The standard InChI is InChI=1S/C14H19N5O2/c1-2-21-13-7-5-11(6-8-13)17-14(20)19-9-3-4-12(19)10-16-18-15/h5-8,12H,2-4,9-10H2,1H3,(H,17,20). The average Bonchev–Trinajstić information content (AvgIpc) is 2.96. The zero-order valence-electron chi connectivity index (χ0n) is 12.0. The van der Waals surface area contributed by atoms with Crippen LogP contribution in [-0.2, 0) is 0 Å². The molecule has 0 bridgehead atoms. The van der Waals surface area contributed by atoms with Crippen LogP contribution in [0.25, 0.3) is 10.4 Å². The van der Waals surface area contributed by atoms with Gasteiger partial charge in [-0.1, -0.05) is 5.11 Å². The number of urea groups is 1. The second-order valence-corrected chi connectivity index (χ2v) is 4.79. The quantitative estimate of drug-likeness (QED) is 0.511. The highest BCUT2D eigenvalue weighted by Crippen LogP contribution is 2.20. The Hall–Kier alpha value is -2.40. The van der Waals surface area contributed by atoms with Gasteiger partial charge in [-0.3, -0.25) is 0 Å². The Morgan fingerprint density at radius 3 is 2.95 bits per heavy atom. The van der Waals surface area contributed by atoms with Crippen molar-refractivity contribution in [1.82, 2.24) is 4.90 Å². The van der Waals surface area contributed by atoms with Crippen LogP contribution < -0.4 is 10.1 Å². The van der Waals surface area contributed by atoms with Gasteiger partial charge in [0.25, 0.3) is 0 Å². The van der Waals surface area contributed by atoms with E-state index in [9.17, 15) is 4.79 Å². The van der Waals surface area contributed by atoms with Gasteiger partial charge in [-0.25, -0.2) is 4.79 Å². The lowest BCUT2D eigenvalue weighted by molar-refractivity contribution is 0.208. The summed E-state index contributed by atoms with van der Waals surface area (Å²) < 4.78 is 5.36. The predicted molar refractivity (Wildman–Crippen MR) is 80.4 cm³/mol. The molecule has 1 aromatic rings. The number of hydrogen-bond acceptors (Lipinski definition) is 3. The molecule has 21 heavy (non-hydrogen) atoms. The van der Waals surface area contributed by atoms with Crippen molar-refractivity contribution in [3.05, 3.63) is 34.7 Å². The van der Waals surface area contributed by atoms with Gasteiger partial charge in [0.05, 0.1) is 6.61 Å². The fourth-order valence-corrected chi connectivity index (χ4v) is 2.42. The summed E-state index contributed by atoms with van der Waals surface area (Å²) in [4.78, 5) is 16.7. The van der Waals surface area contributed by atoms with Crippen LogP contribution in [0, 0.1) is 0 Å². The van der Waals surface area contributed by atoms with Crippen LogP contribution in [0.5, 0.6) is 5.75 Å². The third-order valence-electron chi connectivity index (χ3n) is 3.41. The van der Waals surface area contributed by atoms with Crippen LogP contribution in [0.2, 0.25) is 0 Å². The Bertz CT molecular complexity index is 525. The van der Waals surface area contributed by atoms with Crippen LogP contribution >= 0.6 is 0 Å². The smallest absolute Gasteiger partial charge is 0.322 e. The first-order valence-electron chi connectivity index (χ1n) is 7.06. The Morgan fingerprint density at radius 1 is 1.52 bits per heavy atom. The number of azide groups is 1. The lowest BCUT2D eigenvalue weighted by Crippen LogP contribution is -2.40. The van der Waals surface area contributed by atoms with Crippen molar-refractivity contribution in [2.45, 2.75) is 25.8 Å². The molecule has 1 aliphatic heterocycles. The third-order valence-corrected chi connectivity index (χ3v) is 3.41. The molecule has 0 aliphatic carbocycles. The number of nitrogens with one attached hydrogen (secondary N) is 1. The minimum absolute atomic E-state index is 0.0106. The summed E-state index contributed by atoms with van der Waals surface area (Å²) in [6, 6.07) is 7.09. The minimum atomic E-state index is -0.158. The van der Waals surface area contributed by atoms with E-state index in [1.807, 2.05) is 19.1 Å². The van der Waals surface area contributed by atoms with Gasteiger partial charge < -0.3 is 15.0 Å². The molecule has 1 heterocycles. The molecule has 1 fully saturated rings. The molecular weight excluding hydrogens is 270 g/mol. The maximum absolute atomic E-state index is 12.2. The lowest BCUT2D eigenvalue weighted by atomic mass is 10.2. The molecule has 1 aliphatic rings. The predicted octanol–water partition coefficient (Wildman–Crippen LogP) is 3.39. The maximum atomic E-state index is 12.2. The number of rotatable bonds is 5. The average molecular weight is 289 g/mol. The van der Waals surface area contributed by atoms with E-state index in [0.29, 0.717) is 19.7 Å². The van der Waals surface area contributed by atoms with Crippen molar-refractivity contribution in [2.24, 2.45) is 5.11 Å². The van der Waals surface area contributed by atoms with Gasteiger partial charge in [0.2, 0.25) is 0 Å². The summed E-state index contributed by atoms with van der Waals surface area (Å²) in [6.07, 6.45) is 1.80. The zero-order valence-corrected chi connectivity index (χ0v) is 12.0. The van der Waals surface area contributed by atoms with Gasteiger partial charge in [0.1, 0.15) is 5.75 Å². The molecule has 1 atom stereocenters. The van der Waals surface area contributed by atoms with Crippen LogP contribution in [0.15, 0.2) is 29.4 Å². The van der Waals surface area contributed by atoms with Gasteiger partial charge in [-0.15, -0.1) is 0 Å². The number of anilines is 1. The van der Waals surface area contributed by atoms with Crippen molar-refractivity contribution in [3.8, 4) is 5.75 Å². The molecule has 1 N–H and O–H groups in total. The SMILES string of the molecule is CCOc1ccc(NC(=O)N2CCCC2CN=[N+]=[N-])cc1. The van der Waals surface area contributed by atoms with Gasteiger partial charge >= 0.3 is 6.03 Å². The molecule has 2 amide bonds. The van der Waals surface area contributed by atoms with Crippen LogP contribution in [-0.4, -0.2) is 36.7 Å². The van der Waals surface area contributed by atoms with E-state index in [1.54, 1.807) is 17.0 Å². The topological polar surface area (TPSA) is 90.3 Å². The van der Waals surface area contributed by atoms with Crippen molar-refractivity contribution in [1.29, 1.82) is 0 Å². The number of amides is 2. The van der Waals surface area contributed by atoms with E-state index < -0.39 is 0 Å². The van der Waals surface area contributed by atoms with Crippen molar-refractivity contribution in [3.63, 3.8) is 0 Å². The van der Waals surface area contributed by atoms with E-state index in [1.165, 1.54) is 0 Å². The number of carbonyl (C=O) groups is 1. The van der Waals surface area contributed by atoms with E-state index in [0.717, 1.165) is 24.3 Å². The number of likely N-dealkylation sites (tertiary alicyclic amines) is 1. The first-order valence-corrected chi connectivity index (χ1v) is 7.06. The number of ether oxygens (including phenoxy) is 1. The number of benzene rings is 1. The first kappa shape index (κ1) is 15.0. The van der Waals surface area contributed by atoms with Gasteiger partial charge in [-0.05, 0) is 49.6 Å². The first-order chi connectivity index (χ1) is 10.2. The van der Waals surface area contributed by atoms with Gasteiger partial charge in [-0.2, -0.15) is 0 Å². The molecule has 0 spiro atoms. The molecule has 112 valence electrons. The maximum Gasteiger partial charge on any atom is 0.322 e. The largest absolute Gasteiger partial charge is 0.494 e. The molecular formula is C14H19N5O2. The van der Waals surface area contributed by atoms with E-state index in [4.69, 9.17) is 10.3 Å². The molecule has 1 saturated heterocycles. The fraction of sp³-hybridized carbons (Fsp3) is 0.500. The summed E-state index contributed by atoms with van der Waals surface area (Å²) in [6.45, 7) is 3.55. The van der Waals surface area contributed by atoms with E-state index in [2.05, 4.69) is 15.3 Å². The lowest BCUT2D eigenvalue weighted by Gasteiger charge is -2.23. The van der Waals surface area contributed by atoms with Gasteiger partial charge in [0, 0.05) is 29.7 Å². The van der Waals surface area contributed by atoms with Gasteiger partial charge in [0.15, 0.2) is 0 Å². The molecule has 7 heteroatoms. The van der Waals surface area contributed by atoms with E-state index in [-0.39, 0.29) is 12.1 Å². The molecule has 0 saturated carbocycles. The van der Waals surface area contributed by atoms with Crippen LogP contribution in [0.4, 0.5) is 10.5 Å². The third kappa shape index (κ3) is 4.03. The van der Waals surface area contributed by atoms with Crippen molar-refractivity contribution >= 4 is 11.7 Å². The molecule has 0 aromatic heterocycles. The highest BCUT2D eigenvalue weighted by Gasteiger charge is 2.28. The highest BCUT2D eigenvalue weighted by atomic mass is 16.5. The summed E-state index contributed by atoms with van der Waals surface area (Å²) >= 11 is 0. The second kappa shape index (κ2) is 7.40.